The topological polar surface area (TPSA) is 35.5 Å². The first-order valence-electron chi connectivity index (χ1n) is 9.23. The Balaban J connectivity index is 1.70. The van der Waals surface area contributed by atoms with Gasteiger partial charge in [0.2, 0.25) is 0 Å². The number of fused-ring (bicyclic) bond motifs is 1. The highest BCUT2D eigenvalue weighted by Crippen LogP contribution is 2.38. The van der Waals surface area contributed by atoms with Crippen LogP contribution in [-0.2, 0) is 9.53 Å². The number of rotatable bonds is 5. The molecule has 2 aromatic carbocycles. The van der Waals surface area contributed by atoms with E-state index in [-0.39, 0.29) is 5.97 Å². The fraction of sp³-hybridized carbons (Fsp3) is 0.348. The fourth-order valence-corrected chi connectivity index (χ4v) is 3.89. The lowest BCUT2D eigenvalue weighted by Crippen LogP contribution is -2.23. The molecule has 0 amide bonds. The summed E-state index contributed by atoms with van der Waals surface area (Å²) < 4.78 is 11.3. The van der Waals surface area contributed by atoms with Gasteiger partial charge in [0.1, 0.15) is 18.0 Å². The lowest BCUT2D eigenvalue weighted by Gasteiger charge is -2.21. The summed E-state index contributed by atoms with van der Waals surface area (Å²) in [7, 11) is 0. The number of carbonyl (C=O) groups excluding carboxylic acids is 1. The van der Waals surface area contributed by atoms with E-state index in [1.54, 1.807) is 11.8 Å². The molecule has 1 aliphatic heterocycles. The van der Waals surface area contributed by atoms with Gasteiger partial charge in [0.05, 0.1) is 0 Å². The number of hydrogen-bond donors (Lipinski definition) is 0. The minimum Gasteiger partial charge on any atom is -0.489 e. The van der Waals surface area contributed by atoms with Crippen molar-refractivity contribution in [3.05, 3.63) is 59.7 Å². The zero-order valence-electron chi connectivity index (χ0n) is 16.4. The first-order chi connectivity index (χ1) is 12.8. The van der Waals surface area contributed by atoms with Gasteiger partial charge in [0, 0.05) is 21.8 Å². The van der Waals surface area contributed by atoms with Crippen LogP contribution in [0.25, 0.3) is 5.57 Å². The average molecular weight is 383 g/mol. The summed E-state index contributed by atoms with van der Waals surface area (Å²) in [6.07, 6.45) is 3.10. The van der Waals surface area contributed by atoms with Crippen molar-refractivity contribution in [1.82, 2.24) is 0 Å². The summed E-state index contributed by atoms with van der Waals surface area (Å²) in [6, 6.07) is 14.7. The molecular weight excluding hydrogens is 356 g/mol. The molecule has 3 nitrogen and oxygen atoms in total. The quantitative estimate of drug-likeness (QED) is 0.590. The highest BCUT2D eigenvalue weighted by molar-refractivity contribution is 7.99. The monoisotopic (exact) mass is 382 g/mol. The number of benzene rings is 2. The maximum Gasteiger partial charge on any atom is 0.306 e. The van der Waals surface area contributed by atoms with Crippen LogP contribution in [0, 0.1) is 6.92 Å². The van der Waals surface area contributed by atoms with E-state index in [0.29, 0.717) is 19.4 Å². The largest absolute Gasteiger partial charge is 0.489 e. The number of esters is 1. The standard InChI is InChI=1S/C23H26O3S/c1-16-7-5-6-8-21(16)27-18-10-11-19-17(13-14-25-20(19)15-18)9-12-22(24)26-23(2,3)4/h5-8,10-11,13,15H,9,12,14H2,1-4H3. The minimum atomic E-state index is -0.444. The van der Waals surface area contributed by atoms with Gasteiger partial charge < -0.3 is 9.47 Å². The minimum absolute atomic E-state index is 0.164. The summed E-state index contributed by atoms with van der Waals surface area (Å²) in [5.41, 5.74) is 3.04. The Bertz CT molecular complexity index is 862. The third kappa shape index (κ3) is 5.39. The van der Waals surface area contributed by atoms with Gasteiger partial charge in [-0.25, -0.2) is 0 Å². The summed E-state index contributed by atoms with van der Waals surface area (Å²) in [4.78, 5) is 14.4. The molecular formula is C23H26O3S. The van der Waals surface area contributed by atoms with Crippen molar-refractivity contribution in [2.75, 3.05) is 6.61 Å². The zero-order valence-corrected chi connectivity index (χ0v) is 17.2. The Kier molecular flexibility index (Phi) is 5.95. The van der Waals surface area contributed by atoms with Crippen molar-refractivity contribution in [3.8, 4) is 5.75 Å². The second-order valence-electron chi connectivity index (χ2n) is 7.65. The fourth-order valence-electron chi connectivity index (χ4n) is 2.96. The average Bonchev–Trinajstić information content (AvgIpc) is 2.60. The van der Waals surface area contributed by atoms with Crippen molar-refractivity contribution in [1.29, 1.82) is 0 Å². The number of aryl methyl sites for hydroxylation is 1. The molecule has 142 valence electrons. The smallest absolute Gasteiger partial charge is 0.306 e. The van der Waals surface area contributed by atoms with Crippen molar-refractivity contribution in [2.24, 2.45) is 0 Å². The van der Waals surface area contributed by atoms with Crippen LogP contribution in [0.15, 0.2) is 58.3 Å². The highest BCUT2D eigenvalue weighted by atomic mass is 32.2. The van der Waals surface area contributed by atoms with Crippen LogP contribution in [0.5, 0.6) is 5.75 Å². The van der Waals surface area contributed by atoms with Gasteiger partial charge in [-0.1, -0.05) is 30.0 Å². The molecule has 0 aliphatic carbocycles. The first-order valence-corrected chi connectivity index (χ1v) is 10.0. The number of ether oxygens (including phenoxy) is 2. The molecule has 0 radical (unpaired) electrons. The van der Waals surface area contributed by atoms with E-state index in [4.69, 9.17) is 9.47 Å². The molecule has 0 fully saturated rings. The van der Waals surface area contributed by atoms with Gasteiger partial charge in [0.25, 0.3) is 0 Å². The number of hydrogen-bond acceptors (Lipinski definition) is 4. The van der Waals surface area contributed by atoms with Crippen LogP contribution >= 0.6 is 11.8 Å². The van der Waals surface area contributed by atoms with Crippen molar-refractivity contribution >= 4 is 23.3 Å². The third-order valence-electron chi connectivity index (χ3n) is 4.21. The Morgan fingerprint density at radius 2 is 1.96 bits per heavy atom. The second kappa shape index (κ2) is 8.22. The van der Waals surface area contributed by atoms with Crippen LogP contribution in [0.3, 0.4) is 0 Å². The molecule has 2 aromatic rings. The molecule has 0 aromatic heterocycles. The first kappa shape index (κ1) is 19.6. The van der Waals surface area contributed by atoms with Gasteiger partial charge >= 0.3 is 5.97 Å². The Morgan fingerprint density at radius 1 is 1.19 bits per heavy atom. The molecule has 0 unspecified atom stereocenters. The normalized spacial score (nSPS) is 13.4. The molecule has 0 saturated carbocycles. The molecule has 0 bridgehead atoms. The maximum absolute atomic E-state index is 12.0. The lowest BCUT2D eigenvalue weighted by atomic mass is 9.98. The van der Waals surface area contributed by atoms with E-state index >= 15 is 0 Å². The third-order valence-corrected chi connectivity index (χ3v) is 5.38. The van der Waals surface area contributed by atoms with Crippen molar-refractivity contribution in [2.45, 2.75) is 55.9 Å². The lowest BCUT2D eigenvalue weighted by molar-refractivity contribution is -0.154. The number of allylic oxidation sites excluding steroid dienone is 1. The SMILES string of the molecule is Cc1ccccc1Sc1ccc2c(c1)OCC=C2CCC(=O)OC(C)(C)C. The second-order valence-corrected chi connectivity index (χ2v) is 8.77. The Labute approximate surface area is 165 Å². The van der Waals surface area contributed by atoms with E-state index < -0.39 is 5.60 Å². The van der Waals surface area contributed by atoms with Gasteiger partial charge in [-0.3, -0.25) is 4.79 Å². The molecule has 0 N–H and O–H groups in total. The molecule has 3 rings (SSSR count). The van der Waals surface area contributed by atoms with Gasteiger partial charge in [-0.15, -0.1) is 0 Å². The highest BCUT2D eigenvalue weighted by Gasteiger charge is 2.19. The number of carbonyl (C=O) groups is 1. The van der Waals surface area contributed by atoms with Crippen LogP contribution in [0.4, 0.5) is 0 Å². The van der Waals surface area contributed by atoms with E-state index in [1.165, 1.54) is 10.5 Å². The van der Waals surface area contributed by atoms with E-state index in [0.717, 1.165) is 21.8 Å². The summed E-state index contributed by atoms with van der Waals surface area (Å²) in [5.74, 6) is 0.721. The van der Waals surface area contributed by atoms with Gasteiger partial charge in [0.15, 0.2) is 0 Å². The van der Waals surface area contributed by atoms with Crippen molar-refractivity contribution in [3.63, 3.8) is 0 Å². The van der Waals surface area contributed by atoms with Gasteiger partial charge in [-0.2, -0.15) is 0 Å². The van der Waals surface area contributed by atoms with Crippen LogP contribution in [-0.4, -0.2) is 18.2 Å². The summed E-state index contributed by atoms with van der Waals surface area (Å²) in [6.45, 7) is 8.33. The Hall–Kier alpha value is -2.20. The molecule has 27 heavy (non-hydrogen) atoms. The molecule has 4 heteroatoms. The molecule has 0 saturated heterocycles. The van der Waals surface area contributed by atoms with E-state index in [9.17, 15) is 4.79 Å². The molecule has 1 heterocycles. The zero-order chi connectivity index (χ0) is 19.4. The van der Waals surface area contributed by atoms with E-state index in [2.05, 4.69) is 55.5 Å². The maximum atomic E-state index is 12.0. The predicted molar refractivity (Wildman–Crippen MR) is 110 cm³/mol. The molecule has 0 atom stereocenters. The Morgan fingerprint density at radius 3 is 2.70 bits per heavy atom. The van der Waals surface area contributed by atoms with Gasteiger partial charge in [-0.05, 0) is 75.6 Å². The summed E-state index contributed by atoms with van der Waals surface area (Å²) >= 11 is 1.74. The van der Waals surface area contributed by atoms with Crippen LogP contribution < -0.4 is 4.74 Å². The molecule has 0 spiro atoms. The summed E-state index contributed by atoms with van der Waals surface area (Å²) in [5, 5.41) is 0. The van der Waals surface area contributed by atoms with E-state index in [1.807, 2.05) is 20.8 Å². The van der Waals surface area contributed by atoms with Crippen molar-refractivity contribution < 1.29 is 14.3 Å². The van der Waals surface area contributed by atoms with Crippen LogP contribution in [0.2, 0.25) is 0 Å². The molecule has 1 aliphatic rings. The van der Waals surface area contributed by atoms with Crippen LogP contribution in [0.1, 0.15) is 44.7 Å². The predicted octanol–water partition coefficient (Wildman–Crippen LogP) is 6.04.